The van der Waals surface area contributed by atoms with Crippen LogP contribution in [0.15, 0.2) is 30.5 Å². The molecule has 3 aromatic rings. The van der Waals surface area contributed by atoms with Crippen molar-refractivity contribution in [1.82, 2.24) is 24.9 Å². The van der Waals surface area contributed by atoms with E-state index >= 15 is 0 Å². The van der Waals surface area contributed by atoms with Crippen molar-refractivity contribution < 1.29 is 4.79 Å². The lowest BCUT2D eigenvalue weighted by Gasteiger charge is -2.05. The third-order valence-electron chi connectivity index (χ3n) is 3.54. The molecule has 126 valence electrons. The number of nitrogens with one attached hydrogen (secondary N) is 2. The van der Waals surface area contributed by atoms with Crippen LogP contribution in [0.2, 0.25) is 5.02 Å². The molecule has 0 atom stereocenters. The van der Waals surface area contributed by atoms with Crippen LogP contribution in [0.4, 0.5) is 5.82 Å². The molecule has 7 nitrogen and oxygen atoms in total. The number of fused-ring (bicyclic) bond motifs is 1. The minimum atomic E-state index is -0.108. The molecule has 2 N–H and O–H groups in total. The van der Waals surface area contributed by atoms with Gasteiger partial charge in [-0.3, -0.25) is 14.6 Å². The fourth-order valence-electron chi connectivity index (χ4n) is 2.48. The number of aromatic amines is 1. The van der Waals surface area contributed by atoms with E-state index in [1.807, 2.05) is 43.3 Å². The number of carbonyl (C=O) groups is 1. The highest BCUT2D eigenvalue weighted by atomic mass is 35.5. The number of H-pyrrole nitrogens is 1. The minimum absolute atomic E-state index is 0.108. The van der Waals surface area contributed by atoms with Crippen LogP contribution in [0, 0.1) is 0 Å². The van der Waals surface area contributed by atoms with Gasteiger partial charge in [0.25, 0.3) is 0 Å². The van der Waals surface area contributed by atoms with Crippen molar-refractivity contribution >= 4 is 34.2 Å². The molecule has 1 amide bonds. The number of carbonyl (C=O) groups excluding carboxylic acids is 1. The highest BCUT2D eigenvalue weighted by Gasteiger charge is 2.09. The van der Waals surface area contributed by atoms with Gasteiger partial charge in [0.1, 0.15) is 0 Å². The topological polar surface area (TPSA) is 78.8 Å². The molecule has 0 radical (unpaired) electrons. The molecule has 8 heteroatoms. The van der Waals surface area contributed by atoms with Crippen LogP contribution < -0.4 is 5.32 Å². The van der Waals surface area contributed by atoms with Gasteiger partial charge in [-0.05, 0) is 32.3 Å². The van der Waals surface area contributed by atoms with Crippen molar-refractivity contribution in [2.24, 2.45) is 0 Å². The van der Waals surface area contributed by atoms with Crippen LogP contribution in [-0.4, -0.2) is 44.9 Å². The van der Waals surface area contributed by atoms with Gasteiger partial charge in [-0.1, -0.05) is 11.6 Å². The van der Waals surface area contributed by atoms with E-state index in [1.165, 1.54) is 0 Å². The first-order valence-electron chi connectivity index (χ1n) is 7.61. The van der Waals surface area contributed by atoms with E-state index in [0.29, 0.717) is 23.8 Å². The van der Waals surface area contributed by atoms with Crippen molar-refractivity contribution in [1.29, 1.82) is 0 Å². The summed E-state index contributed by atoms with van der Waals surface area (Å²) in [5.41, 5.74) is 1.87. The smallest absolute Gasteiger partial charge is 0.227 e. The lowest BCUT2D eigenvalue weighted by atomic mass is 10.2. The molecule has 3 rings (SSSR count). The summed E-state index contributed by atoms with van der Waals surface area (Å²) >= 11 is 6.02. The predicted octanol–water partition coefficient (Wildman–Crippen LogP) is 2.50. The molecular weight excluding hydrogens is 328 g/mol. The Balaban J connectivity index is 1.59. The fraction of sp³-hybridized carbons (Fsp3) is 0.312. The first kappa shape index (κ1) is 16.5. The number of aromatic nitrogens is 4. The van der Waals surface area contributed by atoms with E-state index in [4.69, 9.17) is 11.6 Å². The number of amides is 1. The maximum atomic E-state index is 12.1. The van der Waals surface area contributed by atoms with Crippen molar-refractivity contribution in [2.75, 3.05) is 19.4 Å². The zero-order valence-corrected chi connectivity index (χ0v) is 14.3. The normalized spacial score (nSPS) is 11.3. The van der Waals surface area contributed by atoms with Gasteiger partial charge in [-0.15, -0.1) is 0 Å². The largest absolute Gasteiger partial charge is 0.309 e. The van der Waals surface area contributed by atoms with Gasteiger partial charge in [0.05, 0.1) is 24.0 Å². The summed E-state index contributed by atoms with van der Waals surface area (Å²) in [6.45, 7) is 1.22. The number of benzene rings is 1. The summed E-state index contributed by atoms with van der Waals surface area (Å²) in [4.78, 5) is 14.1. The molecule has 0 aliphatic carbocycles. The first-order chi connectivity index (χ1) is 11.5. The maximum absolute atomic E-state index is 12.1. The second kappa shape index (κ2) is 7.02. The third kappa shape index (κ3) is 3.93. The number of nitrogens with zero attached hydrogens (tertiary/aromatic N) is 4. The van der Waals surface area contributed by atoms with Crippen molar-refractivity contribution in [3.8, 4) is 0 Å². The van der Waals surface area contributed by atoms with Crippen LogP contribution in [-0.2, 0) is 17.9 Å². The highest BCUT2D eigenvalue weighted by molar-refractivity contribution is 6.31. The Morgan fingerprint density at radius 2 is 2.21 bits per heavy atom. The Labute approximate surface area is 144 Å². The molecule has 0 spiro atoms. The van der Waals surface area contributed by atoms with Gasteiger partial charge in [-0.2, -0.15) is 10.2 Å². The number of hydrogen-bond donors (Lipinski definition) is 2. The molecule has 2 aromatic heterocycles. The molecule has 2 heterocycles. The van der Waals surface area contributed by atoms with E-state index in [9.17, 15) is 4.79 Å². The van der Waals surface area contributed by atoms with Gasteiger partial charge < -0.3 is 10.2 Å². The fourth-order valence-corrected chi connectivity index (χ4v) is 2.65. The van der Waals surface area contributed by atoms with Gasteiger partial charge in [0.15, 0.2) is 5.82 Å². The first-order valence-corrected chi connectivity index (χ1v) is 7.99. The Kier molecular flexibility index (Phi) is 4.82. The van der Waals surface area contributed by atoms with Crippen molar-refractivity contribution in [3.05, 3.63) is 41.2 Å². The molecule has 0 unspecified atom stereocenters. The summed E-state index contributed by atoms with van der Waals surface area (Å²) < 4.78 is 1.78. The summed E-state index contributed by atoms with van der Waals surface area (Å²) in [5, 5.41) is 15.7. The van der Waals surface area contributed by atoms with Crippen LogP contribution in [0.1, 0.15) is 12.1 Å². The molecule has 0 aliphatic heterocycles. The summed E-state index contributed by atoms with van der Waals surface area (Å²) in [7, 11) is 3.94. The van der Waals surface area contributed by atoms with Crippen LogP contribution in [0.3, 0.4) is 0 Å². The van der Waals surface area contributed by atoms with E-state index in [1.54, 1.807) is 10.9 Å². The molecule has 0 bridgehead atoms. The summed E-state index contributed by atoms with van der Waals surface area (Å²) in [6, 6.07) is 7.42. The second-order valence-electron chi connectivity index (χ2n) is 5.89. The molecule has 1 aromatic carbocycles. The molecule has 0 aliphatic rings. The van der Waals surface area contributed by atoms with Gasteiger partial charge in [-0.25, -0.2) is 0 Å². The number of aryl methyl sites for hydroxylation is 1. The zero-order valence-electron chi connectivity index (χ0n) is 13.6. The summed E-state index contributed by atoms with van der Waals surface area (Å²) in [6.07, 6.45) is 2.07. The van der Waals surface area contributed by atoms with Crippen molar-refractivity contribution in [3.63, 3.8) is 0 Å². The Morgan fingerprint density at radius 3 is 3.00 bits per heavy atom. The van der Waals surface area contributed by atoms with Gasteiger partial charge in [0, 0.05) is 29.4 Å². The average molecular weight is 347 g/mol. The molecular formula is C16H19ClN6O. The van der Waals surface area contributed by atoms with E-state index in [-0.39, 0.29) is 5.91 Å². The SMILES string of the molecule is CN(C)Cc1cc(NC(=O)CCn2ncc3ccc(Cl)cc32)n[nH]1. The maximum Gasteiger partial charge on any atom is 0.227 e. The second-order valence-corrected chi connectivity index (χ2v) is 6.32. The standard InChI is InChI=1S/C16H19ClN6O/c1-22(2)10-13-8-15(21-20-13)19-16(24)5-6-23-14-7-12(17)4-3-11(14)9-18-23/h3-4,7-9H,5-6,10H2,1-2H3,(H2,19,20,21,24). The van der Waals surface area contributed by atoms with Gasteiger partial charge >= 0.3 is 0 Å². The van der Waals surface area contributed by atoms with E-state index in [2.05, 4.69) is 20.6 Å². The van der Waals surface area contributed by atoms with Crippen LogP contribution in [0.25, 0.3) is 10.9 Å². The Bertz CT molecular complexity index is 853. The van der Waals surface area contributed by atoms with Crippen LogP contribution >= 0.6 is 11.6 Å². The van der Waals surface area contributed by atoms with Gasteiger partial charge in [0.2, 0.25) is 5.91 Å². The minimum Gasteiger partial charge on any atom is -0.309 e. The quantitative estimate of drug-likeness (QED) is 0.718. The van der Waals surface area contributed by atoms with Crippen molar-refractivity contribution in [2.45, 2.75) is 19.5 Å². The third-order valence-corrected chi connectivity index (χ3v) is 3.78. The van der Waals surface area contributed by atoms with E-state index < -0.39 is 0 Å². The monoisotopic (exact) mass is 346 g/mol. The lowest BCUT2D eigenvalue weighted by Crippen LogP contribution is -2.15. The number of anilines is 1. The zero-order chi connectivity index (χ0) is 17.1. The predicted molar refractivity (Wildman–Crippen MR) is 94.0 cm³/mol. The molecule has 0 saturated heterocycles. The number of halogens is 1. The lowest BCUT2D eigenvalue weighted by molar-refractivity contribution is -0.116. The summed E-state index contributed by atoms with van der Waals surface area (Å²) in [5.74, 6) is 0.425. The Hall–Kier alpha value is -2.38. The van der Waals surface area contributed by atoms with Crippen LogP contribution in [0.5, 0.6) is 0 Å². The number of rotatable bonds is 6. The molecule has 0 fully saturated rings. The molecule has 0 saturated carbocycles. The average Bonchev–Trinajstić information content (AvgIpc) is 3.11. The Morgan fingerprint density at radius 1 is 1.38 bits per heavy atom. The number of hydrogen-bond acceptors (Lipinski definition) is 4. The highest BCUT2D eigenvalue weighted by Crippen LogP contribution is 2.19. The molecule has 24 heavy (non-hydrogen) atoms. The van der Waals surface area contributed by atoms with E-state index in [0.717, 1.165) is 23.1 Å².